The maximum absolute atomic E-state index is 9.42. The lowest BCUT2D eigenvalue weighted by atomic mass is 9.85. The van der Waals surface area contributed by atoms with Crippen molar-refractivity contribution in [1.29, 1.82) is 5.26 Å². The van der Waals surface area contributed by atoms with Crippen molar-refractivity contribution in [3.05, 3.63) is 175 Å². The molecule has 1 aliphatic rings. The quantitative estimate of drug-likeness (QED) is 0.187. The van der Waals surface area contributed by atoms with Gasteiger partial charge in [0.15, 0.2) is 5.82 Å². The zero-order valence-electron chi connectivity index (χ0n) is 26.3. The monoisotopic (exact) mass is 613 g/mol. The van der Waals surface area contributed by atoms with E-state index in [1.165, 1.54) is 27.5 Å². The molecule has 6 aromatic carbocycles. The lowest BCUT2D eigenvalue weighted by Crippen LogP contribution is -2.01. The minimum atomic E-state index is 0.682. The second kappa shape index (κ2) is 12.8. The van der Waals surface area contributed by atoms with Crippen molar-refractivity contribution in [2.45, 2.75) is 12.8 Å². The van der Waals surface area contributed by atoms with Crippen molar-refractivity contribution < 1.29 is 0 Å². The lowest BCUT2D eigenvalue weighted by Gasteiger charge is -2.19. The summed E-state index contributed by atoms with van der Waals surface area (Å²) in [4.78, 5) is 10.6. The van der Waals surface area contributed by atoms with Crippen LogP contribution in [0.2, 0.25) is 0 Å². The number of fused-ring (bicyclic) bond motifs is 1. The standard InChI is InChI=1S/C45H31N3/c46-30-31-20-22-33(23-21-31)40-29-28-32-12-10-11-19-39(32)41(40)35-24-26-38(27-25-35)45-47-43(36-15-6-2-7-16-36)42(34-13-4-1-5-14-34)44(48-45)37-17-8-3-9-18-37/h1-20,22,24-29H,21,23H2. The Bertz CT molecular complexity index is 2300. The van der Waals surface area contributed by atoms with Crippen LogP contribution in [0, 0.1) is 11.3 Å². The molecule has 48 heavy (non-hydrogen) atoms. The largest absolute Gasteiger partial charge is 0.227 e. The fourth-order valence-electron chi connectivity index (χ4n) is 6.67. The van der Waals surface area contributed by atoms with E-state index in [4.69, 9.17) is 9.97 Å². The lowest BCUT2D eigenvalue weighted by molar-refractivity contribution is 1.01. The van der Waals surface area contributed by atoms with Gasteiger partial charge >= 0.3 is 0 Å². The first-order valence-corrected chi connectivity index (χ1v) is 16.3. The van der Waals surface area contributed by atoms with Gasteiger partial charge in [0.1, 0.15) is 0 Å². The Kier molecular flexibility index (Phi) is 7.74. The van der Waals surface area contributed by atoms with Crippen molar-refractivity contribution in [2.24, 2.45) is 0 Å². The maximum Gasteiger partial charge on any atom is 0.160 e. The fraction of sp³-hybridized carbons (Fsp3) is 0.0444. The number of hydrogen-bond donors (Lipinski definition) is 0. The van der Waals surface area contributed by atoms with Crippen LogP contribution in [0.3, 0.4) is 0 Å². The van der Waals surface area contributed by atoms with Gasteiger partial charge in [-0.1, -0.05) is 158 Å². The van der Waals surface area contributed by atoms with E-state index in [1.54, 1.807) is 0 Å². The molecule has 0 spiro atoms. The molecule has 8 rings (SSSR count). The molecule has 226 valence electrons. The molecule has 0 fully saturated rings. The van der Waals surface area contributed by atoms with Crippen molar-refractivity contribution in [3.63, 3.8) is 0 Å². The molecule has 0 N–H and O–H groups in total. The Morgan fingerprint density at radius 2 is 1.00 bits per heavy atom. The third-order valence-electron chi connectivity index (χ3n) is 9.07. The highest BCUT2D eigenvalue weighted by Gasteiger charge is 2.21. The van der Waals surface area contributed by atoms with Crippen molar-refractivity contribution in [2.75, 3.05) is 0 Å². The third kappa shape index (κ3) is 5.51. The van der Waals surface area contributed by atoms with Crippen LogP contribution in [0.25, 0.3) is 72.5 Å². The van der Waals surface area contributed by atoms with Crippen molar-refractivity contribution in [1.82, 2.24) is 9.97 Å². The SMILES string of the molecule is N#CC1=CC=C(c2ccc3ccccc3c2-c2ccc(-c3nc(-c4ccccc4)c(-c4ccccc4)c(-c4ccccc4)n3)cc2)CC1. The molecule has 1 aromatic heterocycles. The average molecular weight is 614 g/mol. The zero-order chi connectivity index (χ0) is 32.3. The van der Waals surface area contributed by atoms with E-state index in [1.807, 2.05) is 24.3 Å². The number of allylic oxidation sites excluding steroid dienone is 4. The Morgan fingerprint density at radius 1 is 0.458 bits per heavy atom. The maximum atomic E-state index is 9.42. The van der Waals surface area contributed by atoms with Crippen LogP contribution < -0.4 is 0 Å². The first-order valence-electron chi connectivity index (χ1n) is 16.3. The second-order valence-electron chi connectivity index (χ2n) is 12.0. The minimum Gasteiger partial charge on any atom is -0.227 e. The van der Waals surface area contributed by atoms with E-state index in [0.717, 1.165) is 63.2 Å². The van der Waals surface area contributed by atoms with E-state index in [-0.39, 0.29) is 0 Å². The van der Waals surface area contributed by atoms with Crippen LogP contribution in [0.1, 0.15) is 18.4 Å². The number of hydrogen-bond acceptors (Lipinski definition) is 3. The molecule has 0 bridgehead atoms. The van der Waals surface area contributed by atoms with Crippen LogP contribution >= 0.6 is 0 Å². The minimum absolute atomic E-state index is 0.682. The van der Waals surface area contributed by atoms with Gasteiger partial charge in [-0.15, -0.1) is 0 Å². The third-order valence-corrected chi connectivity index (χ3v) is 9.07. The molecule has 0 unspecified atom stereocenters. The van der Waals surface area contributed by atoms with Gasteiger partial charge in [0.05, 0.1) is 17.5 Å². The molecule has 7 aromatic rings. The molecule has 0 aliphatic heterocycles. The topological polar surface area (TPSA) is 49.6 Å². The van der Waals surface area contributed by atoms with Crippen LogP contribution in [0.15, 0.2) is 169 Å². The summed E-state index contributed by atoms with van der Waals surface area (Å²) in [5.74, 6) is 0.682. The van der Waals surface area contributed by atoms with Gasteiger partial charge in [0.2, 0.25) is 0 Å². The second-order valence-corrected chi connectivity index (χ2v) is 12.0. The van der Waals surface area contributed by atoms with Gasteiger partial charge in [-0.3, -0.25) is 0 Å². The fourth-order valence-corrected chi connectivity index (χ4v) is 6.67. The molecule has 0 saturated carbocycles. The Labute approximate surface area is 280 Å². The summed E-state index contributed by atoms with van der Waals surface area (Å²) in [5, 5.41) is 11.8. The molecule has 0 saturated heterocycles. The number of aromatic nitrogens is 2. The molecular weight excluding hydrogens is 583 g/mol. The predicted octanol–water partition coefficient (Wildman–Crippen LogP) is 11.6. The number of nitrogens with zero attached hydrogens (tertiary/aromatic N) is 3. The van der Waals surface area contributed by atoms with E-state index in [9.17, 15) is 5.26 Å². The molecular formula is C45H31N3. The van der Waals surface area contributed by atoms with Gasteiger partial charge in [-0.05, 0) is 57.5 Å². The summed E-state index contributed by atoms with van der Waals surface area (Å²) in [6, 6.07) is 55.2. The molecule has 1 heterocycles. The van der Waals surface area contributed by atoms with Crippen LogP contribution in [-0.2, 0) is 0 Å². The zero-order valence-corrected chi connectivity index (χ0v) is 26.3. The van der Waals surface area contributed by atoms with E-state index < -0.39 is 0 Å². The van der Waals surface area contributed by atoms with Crippen LogP contribution in [0.4, 0.5) is 0 Å². The van der Waals surface area contributed by atoms with Crippen molar-refractivity contribution in [3.8, 4) is 62.2 Å². The van der Waals surface area contributed by atoms with Gasteiger partial charge in [-0.25, -0.2) is 9.97 Å². The Balaban J connectivity index is 1.30. The summed E-state index contributed by atoms with van der Waals surface area (Å²) in [6.07, 6.45) is 5.68. The van der Waals surface area contributed by atoms with Gasteiger partial charge < -0.3 is 0 Å². The summed E-state index contributed by atoms with van der Waals surface area (Å²) in [5.41, 5.74) is 12.6. The highest BCUT2D eigenvalue weighted by molar-refractivity contribution is 6.02. The van der Waals surface area contributed by atoms with Crippen molar-refractivity contribution >= 4 is 16.3 Å². The Hall–Kier alpha value is -6.37. The highest BCUT2D eigenvalue weighted by Crippen LogP contribution is 2.41. The first kappa shape index (κ1) is 29.1. The number of nitriles is 1. The summed E-state index contributed by atoms with van der Waals surface area (Å²) in [7, 11) is 0. The van der Waals surface area contributed by atoms with E-state index in [0.29, 0.717) is 5.82 Å². The normalized spacial score (nSPS) is 12.6. The first-order chi connectivity index (χ1) is 23.8. The van der Waals surface area contributed by atoms with E-state index >= 15 is 0 Å². The van der Waals surface area contributed by atoms with Crippen LogP contribution in [-0.4, -0.2) is 9.97 Å². The molecule has 0 amide bonds. The van der Waals surface area contributed by atoms with Gasteiger partial charge in [-0.2, -0.15) is 5.26 Å². The summed E-state index contributed by atoms with van der Waals surface area (Å²) in [6.45, 7) is 0. The smallest absolute Gasteiger partial charge is 0.160 e. The highest BCUT2D eigenvalue weighted by atomic mass is 14.9. The van der Waals surface area contributed by atoms with Crippen LogP contribution in [0.5, 0.6) is 0 Å². The molecule has 3 nitrogen and oxygen atoms in total. The van der Waals surface area contributed by atoms with E-state index in [2.05, 4.69) is 146 Å². The molecule has 3 heteroatoms. The van der Waals surface area contributed by atoms with Gasteiger partial charge in [0, 0.05) is 27.8 Å². The number of benzene rings is 6. The summed E-state index contributed by atoms with van der Waals surface area (Å²) < 4.78 is 0. The molecule has 0 radical (unpaired) electrons. The number of rotatable bonds is 6. The van der Waals surface area contributed by atoms with Gasteiger partial charge in [0.25, 0.3) is 0 Å². The predicted molar refractivity (Wildman–Crippen MR) is 198 cm³/mol. The Morgan fingerprint density at radius 3 is 1.58 bits per heavy atom. The average Bonchev–Trinajstić information content (AvgIpc) is 3.18. The summed E-state index contributed by atoms with van der Waals surface area (Å²) >= 11 is 0. The molecule has 0 atom stereocenters. The molecule has 1 aliphatic carbocycles.